The first-order valence-corrected chi connectivity index (χ1v) is 10.3. The smallest absolute Gasteiger partial charge is 0.277 e. The highest BCUT2D eigenvalue weighted by Gasteiger charge is 2.19. The zero-order valence-corrected chi connectivity index (χ0v) is 17.1. The van der Waals surface area contributed by atoms with E-state index < -0.39 is 0 Å². The minimum absolute atomic E-state index is 0.130. The third-order valence-corrected chi connectivity index (χ3v) is 5.64. The van der Waals surface area contributed by atoms with Crippen LogP contribution in [-0.2, 0) is 11.3 Å². The van der Waals surface area contributed by atoms with E-state index in [-0.39, 0.29) is 11.8 Å². The molecule has 2 N–H and O–H groups in total. The maximum absolute atomic E-state index is 12.6. The summed E-state index contributed by atoms with van der Waals surface area (Å²) < 4.78 is 11.0. The van der Waals surface area contributed by atoms with Gasteiger partial charge in [0, 0.05) is 17.2 Å². The molecule has 2 amide bonds. The van der Waals surface area contributed by atoms with Crippen LogP contribution in [0.15, 0.2) is 44.7 Å². The monoisotopic (exact) mass is 428 g/mol. The van der Waals surface area contributed by atoms with E-state index >= 15 is 0 Å². The van der Waals surface area contributed by atoms with E-state index in [9.17, 15) is 9.59 Å². The Morgan fingerprint density at radius 3 is 2.79 bits per heavy atom. The van der Waals surface area contributed by atoms with Gasteiger partial charge in [0.1, 0.15) is 17.1 Å². The van der Waals surface area contributed by atoms with Crippen molar-refractivity contribution in [2.24, 2.45) is 0 Å². The highest BCUT2D eigenvalue weighted by molar-refractivity contribution is 7.15. The highest BCUT2D eigenvalue weighted by atomic mass is 32.1. The van der Waals surface area contributed by atoms with Crippen molar-refractivity contribution in [2.45, 2.75) is 20.4 Å². The van der Waals surface area contributed by atoms with E-state index in [0.29, 0.717) is 45.4 Å². The van der Waals surface area contributed by atoms with Gasteiger partial charge in [-0.15, -0.1) is 22.7 Å². The summed E-state index contributed by atoms with van der Waals surface area (Å²) in [5.41, 5.74) is 0.944. The Bertz CT molecular complexity index is 1160. The molecule has 8 nitrogen and oxygen atoms in total. The van der Waals surface area contributed by atoms with Crippen molar-refractivity contribution in [3.8, 4) is 22.2 Å². The number of nitrogens with zero attached hydrogens (tertiary/aromatic N) is 2. The second-order valence-corrected chi connectivity index (χ2v) is 8.13. The van der Waals surface area contributed by atoms with Crippen molar-refractivity contribution >= 4 is 39.6 Å². The van der Waals surface area contributed by atoms with Crippen molar-refractivity contribution < 1.29 is 18.4 Å². The lowest BCUT2D eigenvalue weighted by Gasteiger charge is -1.99. The molecule has 0 aromatic carbocycles. The van der Waals surface area contributed by atoms with Crippen molar-refractivity contribution in [3.63, 3.8) is 0 Å². The van der Waals surface area contributed by atoms with Gasteiger partial charge in [-0.3, -0.25) is 14.9 Å². The minimum Gasteiger partial charge on any atom is -0.462 e. The normalized spacial score (nSPS) is 10.8. The summed E-state index contributed by atoms with van der Waals surface area (Å²) in [6.07, 6.45) is 1.57. The number of furan rings is 2. The molecule has 0 unspecified atom stereocenters. The predicted octanol–water partition coefficient (Wildman–Crippen LogP) is 4.32. The molecule has 4 aromatic heterocycles. The number of carbonyl (C=O) groups is 2. The Balaban J connectivity index is 1.45. The SMILES string of the molecule is CC(=O)NCc1ccc(-c2csc(NC(=O)c3nc(-c4ccco4)sc3C)n2)o1. The topological polar surface area (TPSA) is 110 Å². The fourth-order valence-corrected chi connectivity index (χ4v) is 4.11. The van der Waals surface area contributed by atoms with Crippen LogP contribution in [0.5, 0.6) is 0 Å². The highest BCUT2D eigenvalue weighted by Crippen LogP contribution is 2.30. The predicted molar refractivity (Wildman–Crippen MR) is 110 cm³/mol. The number of hydrogen-bond donors (Lipinski definition) is 2. The van der Waals surface area contributed by atoms with E-state index in [1.54, 1.807) is 35.9 Å². The Kier molecular flexibility index (Phi) is 5.28. The van der Waals surface area contributed by atoms with Crippen LogP contribution in [0.2, 0.25) is 0 Å². The van der Waals surface area contributed by atoms with E-state index in [2.05, 4.69) is 20.6 Å². The number of nitrogens with one attached hydrogen (secondary N) is 2. The first-order valence-electron chi connectivity index (χ1n) is 8.61. The maximum Gasteiger partial charge on any atom is 0.277 e. The minimum atomic E-state index is -0.330. The van der Waals surface area contributed by atoms with Crippen LogP contribution in [0.3, 0.4) is 0 Å². The molecule has 4 rings (SSSR count). The average Bonchev–Trinajstić information content (AvgIpc) is 3.46. The molecule has 4 aromatic rings. The Labute approximate surface area is 173 Å². The van der Waals surface area contributed by atoms with Crippen LogP contribution in [0.25, 0.3) is 22.2 Å². The summed E-state index contributed by atoms with van der Waals surface area (Å²) in [4.78, 5) is 33.2. The molecule has 148 valence electrons. The lowest BCUT2D eigenvalue weighted by Crippen LogP contribution is -2.18. The number of aryl methyl sites for hydroxylation is 1. The summed E-state index contributed by atoms with van der Waals surface area (Å²) in [6.45, 7) is 3.59. The molecule has 0 fully saturated rings. The fraction of sp³-hybridized carbons (Fsp3) is 0.158. The molecule has 0 saturated carbocycles. The maximum atomic E-state index is 12.6. The van der Waals surface area contributed by atoms with E-state index in [1.807, 2.05) is 6.92 Å². The van der Waals surface area contributed by atoms with Crippen LogP contribution >= 0.6 is 22.7 Å². The quantitative estimate of drug-likeness (QED) is 0.473. The molecule has 0 radical (unpaired) electrons. The average molecular weight is 428 g/mol. The van der Waals surface area contributed by atoms with Crippen LogP contribution in [0.1, 0.15) is 28.0 Å². The molecule has 0 aliphatic heterocycles. The van der Waals surface area contributed by atoms with Gasteiger partial charge in [0.05, 0.1) is 12.8 Å². The standard InChI is InChI=1S/C19H16N4O4S2/c1-10-16(22-18(29-10)15-4-3-7-26-15)17(25)23-19-21-13(9-28-19)14-6-5-12(27-14)8-20-11(2)24/h3-7,9H,8H2,1-2H3,(H,20,24)(H,21,23,25). The number of carbonyl (C=O) groups excluding carboxylic acids is 2. The van der Waals surface area contributed by atoms with E-state index in [0.717, 1.165) is 4.88 Å². The molecule has 0 saturated heterocycles. The van der Waals surface area contributed by atoms with Crippen LogP contribution in [-0.4, -0.2) is 21.8 Å². The van der Waals surface area contributed by atoms with E-state index in [4.69, 9.17) is 8.83 Å². The summed E-state index contributed by atoms with van der Waals surface area (Å²) >= 11 is 2.68. The second-order valence-electron chi connectivity index (χ2n) is 6.07. The number of aromatic nitrogens is 2. The first-order chi connectivity index (χ1) is 14.0. The molecule has 4 heterocycles. The zero-order chi connectivity index (χ0) is 20.4. The number of hydrogen-bond acceptors (Lipinski definition) is 8. The van der Waals surface area contributed by atoms with Crippen molar-refractivity contribution in [1.29, 1.82) is 0 Å². The molecule has 0 atom stereocenters. The van der Waals surface area contributed by atoms with Gasteiger partial charge in [-0.2, -0.15) is 0 Å². The Hall–Kier alpha value is -3.24. The fourth-order valence-electron chi connectivity index (χ4n) is 2.54. The first kappa shape index (κ1) is 19.1. The van der Waals surface area contributed by atoms with Gasteiger partial charge >= 0.3 is 0 Å². The van der Waals surface area contributed by atoms with Gasteiger partial charge in [-0.05, 0) is 31.2 Å². The number of anilines is 1. The Morgan fingerprint density at radius 2 is 2.03 bits per heavy atom. The molecular weight excluding hydrogens is 412 g/mol. The van der Waals surface area contributed by atoms with Crippen molar-refractivity contribution in [3.05, 3.63) is 52.2 Å². The van der Waals surface area contributed by atoms with Gasteiger partial charge in [0.25, 0.3) is 5.91 Å². The lowest BCUT2D eigenvalue weighted by atomic mass is 10.3. The second kappa shape index (κ2) is 8.02. The summed E-state index contributed by atoms with van der Waals surface area (Å²) in [5, 5.41) is 8.34. The van der Waals surface area contributed by atoms with E-state index in [1.165, 1.54) is 29.6 Å². The van der Waals surface area contributed by atoms with Crippen LogP contribution < -0.4 is 10.6 Å². The summed E-state index contributed by atoms with van der Waals surface area (Å²) in [5.74, 6) is 1.35. The number of amides is 2. The largest absolute Gasteiger partial charge is 0.462 e. The number of rotatable bonds is 6. The van der Waals surface area contributed by atoms with Crippen molar-refractivity contribution in [1.82, 2.24) is 15.3 Å². The summed E-state index contributed by atoms with van der Waals surface area (Å²) in [6, 6.07) is 7.13. The third kappa shape index (κ3) is 4.28. The summed E-state index contributed by atoms with van der Waals surface area (Å²) in [7, 11) is 0. The molecule has 29 heavy (non-hydrogen) atoms. The van der Waals surface area contributed by atoms with Gasteiger partial charge in [0.15, 0.2) is 21.7 Å². The molecule has 0 spiro atoms. The van der Waals surface area contributed by atoms with Gasteiger partial charge < -0.3 is 14.2 Å². The zero-order valence-electron chi connectivity index (χ0n) is 15.5. The number of thiazole rings is 2. The third-order valence-electron chi connectivity index (χ3n) is 3.89. The van der Waals surface area contributed by atoms with Crippen LogP contribution in [0.4, 0.5) is 5.13 Å². The lowest BCUT2D eigenvalue weighted by molar-refractivity contribution is -0.119. The van der Waals surface area contributed by atoms with Gasteiger partial charge in [-0.25, -0.2) is 9.97 Å². The molecule has 10 heteroatoms. The van der Waals surface area contributed by atoms with Crippen molar-refractivity contribution in [2.75, 3.05) is 5.32 Å². The van der Waals surface area contributed by atoms with Gasteiger partial charge in [-0.1, -0.05) is 0 Å². The molecule has 0 aliphatic carbocycles. The molecule has 0 bridgehead atoms. The molecule has 0 aliphatic rings. The molecular formula is C19H16N4O4S2. The van der Waals surface area contributed by atoms with Gasteiger partial charge in [0.2, 0.25) is 5.91 Å². The Morgan fingerprint density at radius 1 is 1.17 bits per heavy atom. The van der Waals surface area contributed by atoms with Crippen LogP contribution in [0, 0.1) is 6.92 Å².